The molecule has 0 heterocycles. The van der Waals surface area contributed by atoms with E-state index in [1.54, 1.807) is 6.08 Å². The van der Waals surface area contributed by atoms with Gasteiger partial charge in [0.1, 0.15) is 0 Å². The van der Waals surface area contributed by atoms with Gasteiger partial charge in [0, 0.05) is 11.9 Å². The van der Waals surface area contributed by atoms with Gasteiger partial charge in [0.15, 0.2) is 5.78 Å². The Morgan fingerprint density at radius 1 is 0.889 bits per heavy atom. The van der Waals surface area contributed by atoms with Gasteiger partial charge in [0.25, 0.3) is 0 Å². The van der Waals surface area contributed by atoms with Gasteiger partial charge >= 0.3 is 0 Å². The van der Waals surface area contributed by atoms with Crippen molar-refractivity contribution in [2.24, 2.45) is 0 Å². The third kappa shape index (κ3) is 4.56. The van der Waals surface area contributed by atoms with E-state index < -0.39 is 0 Å². The molecule has 0 aliphatic carbocycles. The van der Waals surface area contributed by atoms with E-state index in [1.807, 2.05) is 66.7 Å². The Kier molecular flexibility index (Phi) is 6.52. The number of carbonyl (C=O) groups is 1. The lowest BCUT2D eigenvalue weighted by Crippen LogP contribution is -1.92. The van der Waals surface area contributed by atoms with Crippen LogP contribution in [0, 0.1) is 0 Å². The summed E-state index contributed by atoms with van der Waals surface area (Å²) >= 11 is 4.64. The molecule has 0 aliphatic heterocycles. The molecule has 0 atom stereocenters. The van der Waals surface area contributed by atoms with Crippen molar-refractivity contribution in [1.29, 1.82) is 0 Å². The highest BCUT2D eigenvalue weighted by molar-refractivity contribution is 6.15. The molecule has 2 heteroatoms. The predicted octanol–water partition coefficient (Wildman–Crippen LogP) is 4.44. The van der Waals surface area contributed by atoms with Gasteiger partial charge in [0.2, 0.25) is 0 Å². The molecule has 18 heavy (non-hydrogen) atoms. The number of hydrogen-bond acceptors (Lipinski definition) is 1. The maximum Gasteiger partial charge on any atom is 0.185 e. The summed E-state index contributed by atoms with van der Waals surface area (Å²) in [4.78, 5) is 11.7. The van der Waals surface area contributed by atoms with E-state index in [1.165, 1.54) is 6.38 Å². The summed E-state index contributed by atoms with van der Waals surface area (Å²) in [5, 5.41) is 0. The van der Waals surface area contributed by atoms with Crippen LogP contribution in [0.15, 0.2) is 66.7 Å². The Morgan fingerprint density at radius 2 is 1.39 bits per heavy atom. The molecule has 0 fully saturated rings. The first kappa shape index (κ1) is 14.2. The van der Waals surface area contributed by atoms with Gasteiger partial charge < -0.3 is 0 Å². The van der Waals surface area contributed by atoms with Crippen molar-refractivity contribution in [3.05, 3.63) is 77.9 Å². The van der Waals surface area contributed by atoms with Crippen LogP contribution in [0.25, 0.3) is 6.08 Å². The van der Waals surface area contributed by atoms with Crippen molar-refractivity contribution in [2.45, 2.75) is 0 Å². The maximum absolute atomic E-state index is 11.7. The molecule has 0 spiro atoms. The Morgan fingerprint density at radius 3 is 1.94 bits per heavy atom. The normalized spacial score (nSPS) is 9.67. The maximum atomic E-state index is 11.7. The zero-order valence-electron chi connectivity index (χ0n) is 10.2. The monoisotopic (exact) mass is 258 g/mol. The number of carbonyl (C=O) groups excluding carboxylic acids is 1. The summed E-state index contributed by atoms with van der Waals surface area (Å²) in [6.07, 6.45) is 4.90. The van der Waals surface area contributed by atoms with Crippen LogP contribution in [0.2, 0.25) is 0 Å². The van der Waals surface area contributed by atoms with E-state index in [0.29, 0.717) is 0 Å². The lowest BCUT2D eigenvalue weighted by atomic mass is 10.1. The molecule has 0 N–H and O–H groups in total. The van der Waals surface area contributed by atoms with E-state index in [0.717, 1.165) is 11.1 Å². The molecule has 0 saturated carbocycles. The Labute approximate surface area is 113 Å². The zero-order valence-corrected chi connectivity index (χ0v) is 11.0. The highest BCUT2D eigenvalue weighted by atomic mass is 35.5. The van der Waals surface area contributed by atoms with Crippen LogP contribution in [-0.4, -0.2) is 12.2 Å². The molecule has 0 aromatic heterocycles. The predicted molar refractivity (Wildman–Crippen MR) is 78.0 cm³/mol. The first-order chi connectivity index (χ1) is 8.86. The molecule has 1 nitrogen and oxygen atoms in total. The highest BCUT2D eigenvalue weighted by Gasteiger charge is 1.98. The summed E-state index contributed by atoms with van der Waals surface area (Å²) in [5.41, 5.74) is 1.75. The average molecular weight is 259 g/mol. The van der Waals surface area contributed by atoms with Crippen LogP contribution in [-0.2, 0) is 0 Å². The van der Waals surface area contributed by atoms with Crippen molar-refractivity contribution < 1.29 is 4.79 Å². The van der Waals surface area contributed by atoms with E-state index in [9.17, 15) is 4.79 Å². The van der Waals surface area contributed by atoms with E-state index in [2.05, 4.69) is 11.6 Å². The number of halogens is 1. The quantitative estimate of drug-likeness (QED) is 0.452. The minimum absolute atomic E-state index is 0.0319. The fourth-order valence-corrected chi connectivity index (χ4v) is 1.43. The molecule has 0 saturated heterocycles. The van der Waals surface area contributed by atoms with Crippen LogP contribution < -0.4 is 0 Å². The van der Waals surface area contributed by atoms with Gasteiger partial charge in [-0.2, -0.15) is 0 Å². The number of alkyl halides is 1. The molecular weight excluding hydrogens is 244 g/mol. The van der Waals surface area contributed by atoms with Gasteiger partial charge in [-0.15, -0.1) is 11.6 Å². The van der Waals surface area contributed by atoms with Crippen LogP contribution in [0.5, 0.6) is 0 Å². The number of allylic oxidation sites excluding steroid dienone is 1. The van der Waals surface area contributed by atoms with E-state index >= 15 is 0 Å². The van der Waals surface area contributed by atoms with Crippen LogP contribution >= 0.6 is 11.6 Å². The number of hydrogen-bond donors (Lipinski definition) is 0. The number of ketones is 1. The van der Waals surface area contributed by atoms with Gasteiger partial charge in [-0.25, -0.2) is 0 Å². The second-order valence-corrected chi connectivity index (χ2v) is 3.47. The van der Waals surface area contributed by atoms with Crippen LogP contribution in [0.1, 0.15) is 15.9 Å². The summed E-state index contributed by atoms with van der Waals surface area (Å²) in [6, 6.07) is 19.1. The highest BCUT2D eigenvalue weighted by Crippen LogP contribution is 2.05. The SMILES string of the molecule is CCl.O=C(/C=C/c1ccccc1)c1ccccc1. The first-order valence-corrected chi connectivity index (χ1v) is 6.32. The van der Waals surface area contributed by atoms with Crippen LogP contribution in [0.3, 0.4) is 0 Å². The van der Waals surface area contributed by atoms with Gasteiger partial charge in [-0.05, 0) is 11.6 Å². The summed E-state index contributed by atoms with van der Waals surface area (Å²) < 4.78 is 0. The first-order valence-electron chi connectivity index (χ1n) is 5.56. The third-order valence-electron chi connectivity index (χ3n) is 2.29. The molecule has 0 radical (unpaired) electrons. The Balaban J connectivity index is 0.000000771. The second-order valence-electron chi connectivity index (χ2n) is 3.47. The minimum Gasteiger partial charge on any atom is -0.289 e. The summed E-state index contributed by atoms with van der Waals surface area (Å²) in [6.45, 7) is 0. The van der Waals surface area contributed by atoms with Crippen molar-refractivity contribution >= 4 is 23.5 Å². The van der Waals surface area contributed by atoms with Crippen molar-refractivity contribution in [2.75, 3.05) is 6.38 Å². The molecule has 2 aromatic carbocycles. The smallest absolute Gasteiger partial charge is 0.185 e. The lowest BCUT2D eigenvalue weighted by molar-refractivity contribution is 0.104. The zero-order chi connectivity index (χ0) is 13.2. The van der Waals surface area contributed by atoms with Gasteiger partial charge in [-0.3, -0.25) is 4.79 Å². The molecular formula is C16H15ClO. The van der Waals surface area contributed by atoms with Crippen molar-refractivity contribution in [1.82, 2.24) is 0 Å². The topological polar surface area (TPSA) is 17.1 Å². The molecule has 0 aliphatic rings. The van der Waals surface area contributed by atoms with E-state index in [-0.39, 0.29) is 5.78 Å². The van der Waals surface area contributed by atoms with Crippen molar-refractivity contribution in [3.8, 4) is 0 Å². The molecule has 92 valence electrons. The standard InChI is InChI=1S/C15H12O.CH3Cl/c16-15(14-9-5-2-6-10-14)12-11-13-7-3-1-4-8-13;1-2/h1-12H;1H3/b12-11+;. The Hall–Kier alpha value is -1.86. The minimum atomic E-state index is 0.0319. The molecule has 2 aromatic rings. The number of rotatable bonds is 3. The molecule has 2 rings (SSSR count). The fourth-order valence-electron chi connectivity index (χ4n) is 1.43. The summed E-state index contributed by atoms with van der Waals surface area (Å²) in [5.74, 6) is 0.0319. The fraction of sp³-hybridized carbons (Fsp3) is 0.0625. The van der Waals surface area contributed by atoms with Crippen LogP contribution in [0.4, 0.5) is 0 Å². The summed E-state index contributed by atoms with van der Waals surface area (Å²) in [7, 11) is 0. The largest absolute Gasteiger partial charge is 0.289 e. The second kappa shape index (κ2) is 8.26. The number of benzene rings is 2. The Bertz CT molecular complexity index is 489. The molecule has 0 amide bonds. The lowest BCUT2D eigenvalue weighted by Gasteiger charge is -1.94. The van der Waals surface area contributed by atoms with Crippen molar-refractivity contribution in [3.63, 3.8) is 0 Å². The molecule has 0 bridgehead atoms. The van der Waals surface area contributed by atoms with Gasteiger partial charge in [0.05, 0.1) is 0 Å². The third-order valence-corrected chi connectivity index (χ3v) is 2.29. The van der Waals surface area contributed by atoms with Gasteiger partial charge in [-0.1, -0.05) is 66.7 Å². The van der Waals surface area contributed by atoms with E-state index in [4.69, 9.17) is 0 Å². The average Bonchev–Trinajstić information content (AvgIpc) is 2.49. The molecule has 0 unspecified atom stereocenters.